The number of hydrogen-bond acceptors (Lipinski definition) is 4. The van der Waals surface area contributed by atoms with Gasteiger partial charge in [0, 0.05) is 16.8 Å². The van der Waals surface area contributed by atoms with Crippen LogP contribution in [0.2, 0.25) is 0 Å². The lowest BCUT2D eigenvalue weighted by atomic mass is 10.4. The van der Waals surface area contributed by atoms with Crippen LogP contribution in [0.4, 0.5) is 0 Å². The van der Waals surface area contributed by atoms with Crippen LogP contribution in [0.1, 0.15) is 11.4 Å². The lowest BCUT2D eigenvalue weighted by Crippen LogP contribution is -1.84. The van der Waals surface area contributed by atoms with Gasteiger partial charge < -0.3 is 0 Å². The average Bonchev–Trinajstić information content (AvgIpc) is 2.83. The number of hydrogen-bond donors (Lipinski definition) is 0. The lowest BCUT2D eigenvalue weighted by Gasteiger charge is -1.89. The molecule has 0 spiro atoms. The van der Waals surface area contributed by atoms with Gasteiger partial charge in [-0.2, -0.15) is 0 Å². The molecule has 0 aliphatic rings. The van der Waals surface area contributed by atoms with E-state index in [2.05, 4.69) is 26.1 Å². The number of aryl methyl sites for hydroxylation is 1. The van der Waals surface area contributed by atoms with Crippen molar-refractivity contribution < 1.29 is 0 Å². The van der Waals surface area contributed by atoms with Crippen molar-refractivity contribution in [3.05, 3.63) is 20.9 Å². The fourth-order valence-electron chi connectivity index (χ4n) is 1.11. The van der Waals surface area contributed by atoms with E-state index in [1.54, 1.807) is 22.7 Å². The molecule has 0 saturated carbocycles. The van der Waals surface area contributed by atoms with Crippen molar-refractivity contribution in [3.63, 3.8) is 0 Å². The molecular weight excluding hydrogens is 316 g/mol. The van der Waals surface area contributed by atoms with E-state index in [0.717, 1.165) is 32.2 Å². The Morgan fingerprint density at radius 3 is 2.93 bits per heavy atom. The number of alkyl halides is 1. The Kier molecular flexibility index (Phi) is 4.13. The Bertz CT molecular complexity index is 441. The van der Waals surface area contributed by atoms with Gasteiger partial charge >= 0.3 is 0 Å². The molecule has 0 amide bonds. The van der Waals surface area contributed by atoms with Gasteiger partial charge in [-0.05, 0) is 33.8 Å². The monoisotopic (exact) mass is 322 g/mol. The molecule has 6 heteroatoms. The zero-order chi connectivity index (χ0) is 10.7. The van der Waals surface area contributed by atoms with Crippen LogP contribution >= 0.6 is 50.2 Å². The van der Waals surface area contributed by atoms with Crippen molar-refractivity contribution in [1.29, 1.82) is 0 Å². The minimum atomic E-state index is 0.678. The first kappa shape index (κ1) is 11.5. The first-order valence-corrected chi connectivity index (χ1v) is 7.45. The summed E-state index contributed by atoms with van der Waals surface area (Å²) >= 11 is 12.4. The van der Waals surface area contributed by atoms with E-state index >= 15 is 0 Å². The highest BCUT2D eigenvalue weighted by Gasteiger charge is 2.10. The molecule has 2 aromatic rings. The standard InChI is InChI=1S/C9H8BrClN2S2/c10-6-3-5-14-8(6)9-13-12-7(15-9)2-1-4-11/h3,5H,1-2,4H2. The van der Waals surface area contributed by atoms with Gasteiger partial charge in [-0.15, -0.1) is 33.1 Å². The average molecular weight is 324 g/mol. The molecule has 0 atom stereocenters. The van der Waals surface area contributed by atoms with E-state index < -0.39 is 0 Å². The van der Waals surface area contributed by atoms with Crippen LogP contribution in [-0.2, 0) is 6.42 Å². The maximum absolute atomic E-state index is 5.63. The molecule has 0 unspecified atom stereocenters. The molecule has 80 valence electrons. The summed E-state index contributed by atoms with van der Waals surface area (Å²) < 4.78 is 1.09. The molecule has 2 rings (SSSR count). The molecule has 0 aliphatic carbocycles. The fourth-order valence-corrected chi connectivity index (χ4v) is 3.92. The van der Waals surface area contributed by atoms with Gasteiger partial charge in [0.25, 0.3) is 0 Å². The summed E-state index contributed by atoms with van der Waals surface area (Å²) in [6.07, 6.45) is 1.88. The van der Waals surface area contributed by atoms with Gasteiger partial charge in [0.1, 0.15) is 5.01 Å². The van der Waals surface area contributed by atoms with Gasteiger partial charge in [0.2, 0.25) is 0 Å². The van der Waals surface area contributed by atoms with Gasteiger partial charge in [0.15, 0.2) is 5.01 Å². The maximum Gasteiger partial charge on any atom is 0.158 e. The van der Waals surface area contributed by atoms with Crippen molar-refractivity contribution in [1.82, 2.24) is 10.2 Å². The topological polar surface area (TPSA) is 25.8 Å². The molecule has 0 bridgehead atoms. The minimum absolute atomic E-state index is 0.678. The highest BCUT2D eigenvalue weighted by atomic mass is 79.9. The van der Waals surface area contributed by atoms with E-state index in [1.165, 1.54) is 0 Å². The fraction of sp³-hybridized carbons (Fsp3) is 0.333. The van der Waals surface area contributed by atoms with Crippen molar-refractivity contribution >= 4 is 50.2 Å². The van der Waals surface area contributed by atoms with Gasteiger partial charge in [-0.3, -0.25) is 0 Å². The van der Waals surface area contributed by atoms with E-state index in [4.69, 9.17) is 11.6 Å². The number of rotatable bonds is 4. The predicted molar refractivity (Wildman–Crippen MR) is 70.0 cm³/mol. The van der Waals surface area contributed by atoms with Crippen molar-refractivity contribution in [2.45, 2.75) is 12.8 Å². The lowest BCUT2D eigenvalue weighted by molar-refractivity contribution is 0.884. The summed E-state index contributed by atoms with van der Waals surface area (Å²) in [6, 6.07) is 2.03. The second-order valence-electron chi connectivity index (χ2n) is 2.89. The molecule has 0 aromatic carbocycles. The summed E-state index contributed by atoms with van der Waals surface area (Å²) in [4.78, 5) is 1.16. The van der Waals surface area contributed by atoms with Crippen LogP contribution in [0.15, 0.2) is 15.9 Å². The third-order valence-electron chi connectivity index (χ3n) is 1.80. The van der Waals surface area contributed by atoms with E-state index in [0.29, 0.717) is 5.88 Å². The summed E-state index contributed by atoms with van der Waals surface area (Å²) in [6.45, 7) is 0. The first-order chi connectivity index (χ1) is 7.31. The van der Waals surface area contributed by atoms with Crippen molar-refractivity contribution in [2.75, 3.05) is 5.88 Å². The highest BCUT2D eigenvalue weighted by molar-refractivity contribution is 9.10. The molecule has 0 N–H and O–H groups in total. The molecule has 0 radical (unpaired) electrons. The normalized spacial score (nSPS) is 10.8. The smallest absolute Gasteiger partial charge is 0.143 e. The summed E-state index contributed by atoms with van der Waals surface area (Å²) in [7, 11) is 0. The molecule has 0 saturated heterocycles. The zero-order valence-electron chi connectivity index (χ0n) is 7.74. The van der Waals surface area contributed by atoms with Crippen LogP contribution in [0.5, 0.6) is 0 Å². The van der Waals surface area contributed by atoms with Crippen LogP contribution < -0.4 is 0 Å². The number of thiophene rings is 1. The Hall–Kier alpha value is 0.0300. The SMILES string of the molecule is ClCCCc1nnc(-c2sccc2Br)s1. The third kappa shape index (κ3) is 2.78. The number of nitrogens with zero attached hydrogens (tertiary/aromatic N) is 2. The Labute approximate surface area is 109 Å². The molecule has 0 fully saturated rings. The second-order valence-corrected chi connectivity index (χ2v) is 6.10. The first-order valence-electron chi connectivity index (χ1n) is 4.43. The summed E-state index contributed by atoms with van der Waals surface area (Å²) in [5.41, 5.74) is 0. The van der Waals surface area contributed by atoms with Crippen LogP contribution in [0, 0.1) is 0 Å². The molecule has 2 nitrogen and oxygen atoms in total. The minimum Gasteiger partial charge on any atom is -0.143 e. The van der Waals surface area contributed by atoms with E-state index in [1.807, 2.05) is 11.4 Å². The van der Waals surface area contributed by atoms with Crippen LogP contribution in [0.3, 0.4) is 0 Å². The summed E-state index contributed by atoms with van der Waals surface area (Å²) in [5, 5.41) is 12.4. The Morgan fingerprint density at radius 1 is 1.40 bits per heavy atom. The van der Waals surface area contributed by atoms with Gasteiger partial charge in [-0.1, -0.05) is 11.3 Å². The highest BCUT2D eigenvalue weighted by Crippen LogP contribution is 2.35. The van der Waals surface area contributed by atoms with E-state index in [-0.39, 0.29) is 0 Å². The van der Waals surface area contributed by atoms with Gasteiger partial charge in [0.05, 0.1) is 4.88 Å². The van der Waals surface area contributed by atoms with Crippen molar-refractivity contribution in [2.24, 2.45) is 0 Å². The van der Waals surface area contributed by atoms with Crippen LogP contribution in [0.25, 0.3) is 9.88 Å². The largest absolute Gasteiger partial charge is 0.158 e. The second kappa shape index (κ2) is 5.39. The predicted octanol–water partition coefficient (Wildman–Crippen LogP) is 4.20. The molecule has 0 aliphatic heterocycles. The summed E-state index contributed by atoms with van der Waals surface area (Å²) in [5.74, 6) is 0.678. The number of halogens is 2. The molecular formula is C9H8BrClN2S2. The van der Waals surface area contributed by atoms with Crippen molar-refractivity contribution in [3.8, 4) is 9.88 Å². The van der Waals surface area contributed by atoms with E-state index in [9.17, 15) is 0 Å². The Balaban J connectivity index is 2.17. The maximum atomic E-state index is 5.63. The third-order valence-corrected chi connectivity index (χ3v) is 5.04. The molecule has 2 aromatic heterocycles. The van der Waals surface area contributed by atoms with Crippen LogP contribution in [-0.4, -0.2) is 16.1 Å². The zero-order valence-corrected chi connectivity index (χ0v) is 11.7. The Morgan fingerprint density at radius 2 is 2.27 bits per heavy atom. The quantitative estimate of drug-likeness (QED) is 0.788. The molecule has 15 heavy (non-hydrogen) atoms. The van der Waals surface area contributed by atoms with Gasteiger partial charge in [-0.25, -0.2) is 0 Å². The molecule has 2 heterocycles. The number of aromatic nitrogens is 2.